The lowest BCUT2D eigenvalue weighted by Crippen LogP contribution is -2.30. The Labute approximate surface area is 455 Å². The maximum absolute atomic E-state index is 12.9. The Hall–Kier alpha value is -2.37. The Bertz CT molecular complexity index is 1220. The molecule has 0 N–H and O–H groups in total. The molecular formula is C67H124O6. The van der Waals surface area contributed by atoms with Gasteiger partial charge in [-0.15, -0.1) is 0 Å². The normalized spacial score (nSPS) is 12.2. The molecule has 0 radical (unpaired) electrons. The first-order valence-corrected chi connectivity index (χ1v) is 32.5. The Morgan fingerprint density at radius 2 is 0.521 bits per heavy atom. The van der Waals surface area contributed by atoms with E-state index in [0.29, 0.717) is 19.3 Å². The van der Waals surface area contributed by atoms with Gasteiger partial charge in [0.05, 0.1) is 0 Å². The van der Waals surface area contributed by atoms with Gasteiger partial charge in [-0.3, -0.25) is 14.4 Å². The van der Waals surface area contributed by atoms with E-state index < -0.39 is 6.10 Å². The van der Waals surface area contributed by atoms with Gasteiger partial charge in [-0.1, -0.05) is 301 Å². The van der Waals surface area contributed by atoms with Crippen LogP contribution in [0.25, 0.3) is 0 Å². The molecule has 6 nitrogen and oxygen atoms in total. The summed E-state index contributed by atoms with van der Waals surface area (Å²) in [5.74, 6) is -0.867. The highest BCUT2D eigenvalue weighted by molar-refractivity contribution is 5.71. The summed E-state index contributed by atoms with van der Waals surface area (Å²) < 4.78 is 16.9. The van der Waals surface area contributed by atoms with Gasteiger partial charge in [0.2, 0.25) is 0 Å². The molecule has 0 saturated carbocycles. The van der Waals surface area contributed by atoms with Crippen molar-refractivity contribution in [3.8, 4) is 0 Å². The van der Waals surface area contributed by atoms with Gasteiger partial charge in [-0.2, -0.15) is 0 Å². The molecule has 428 valence electrons. The first kappa shape index (κ1) is 70.6. The molecule has 73 heavy (non-hydrogen) atoms. The molecule has 0 aliphatic rings. The molecule has 0 aromatic rings. The minimum atomic E-state index is -0.777. The van der Waals surface area contributed by atoms with E-state index in [0.717, 1.165) is 83.5 Å². The summed E-state index contributed by atoms with van der Waals surface area (Å²) in [6, 6.07) is 0. The summed E-state index contributed by atoms with van der Waals surface area (Å²) in [5.41, 5.74) is 0. The highest BCUT2D eigenvalue weighted by atomic mass is 16.6. The zero-order valence-corrected chi connectivity index (χ0v) is 49.2. The third-order valence-corrected chi connectivity index (χ3v) is 14.6. The smallest absolute Gasteiger partial charge is 0.306 e. The number of carbonyl (C=O) groups excluding carboxylic acids is 3. The largest absolute Gasteiger partial charge is 0.462 e. The summed E-state index contributed by atoms with van der Waals surface area (Å²) in [4.78, 5) is 38.3. The fraction of sp³-hybridized carbons (Fsp3) is 0.866. The molecule has 0 heterocycles. The first-order valence-electron chi connectivity index (χ1n) is 32.5. The van der Waals surface area contributed by atoms with Gasteiger partial charge in [-0.05, 0) is 70.6 Å². The van der Waals surface area contributed by atoms with E-state index in [1.807, 2.05) is 0 Å². The number of rotatable bonds is 60. The van der Waals surface area contributed by atoms with Crippen LogP contribution in [0.15, 0.2) is 36.5 Å². The molecule has 0 bridgehead atoms. The van der Waals surface area contributed by atoms with Crippen molar-refractivity contribution < 1.29 is 28.6 Å². The highest BCUT2D eigenvalue weighted by Crippen LogP contribution is 2.18. The van der Waals surface area contributed by atoms with Crippen molar-refractivity contribution in [2.24, 2.45) is 0 Å². The molecule has 0 saturated heterocycles. The van der Waals surface area contributed by atoms with Gasteiger partial charge in [-0.25, -0.2) is 0 Å². The maximum Gasteiger partial charge on any atom is 0.306 e. The van der Waals surface area contributed by atoms with Crippen LogP contribution in [-0.2, 0) is 28.6 Å². The van der Waals surface area contributed by atoms with E-state index in [1.165, 1.54) is 231 Å². The molecule has 0 aromatic carbocycles. The van der Waals surface area contributed by atoms with Gasteiger partial charge < -0.3 is 14.2 Å². The lowest BCUT2D eigenvalue weighted by Gasteiger charge is -2.18. The molecule has 0 spiro atoms. The number of unbranched alkanes of at least 4 members (excludes halogenated alkanes) is 43. The number of allylic oxidation sites excluding steroid dienone is 6. The minimum absolute atomic E-state index is 0.0732. The lowest BCUT2D eigenvalue weighted by molar-refractivity contribution is -0.167. The number of hydrogen-bond acceptors (Lipinski definition) is 6. The quantitative estimate of drug-likeness (QED) is 0.0261. The van der Waals surface area contributed by atoms with Crippen LogP contribution < -0.4 is 0 Å². The van der Waals surface area contributed by atoms with E-state index >= 15 is 0 Å². The number of esters is 3. The van der Waals surface area contributed by atoms with Gasteiger partial charge >= 0.3 is 17.9 Å². The molecule has 0 rings (SSSR count). The van der Waals surface area contributed by atoms with Crippen molar-refractivity contribution in [2.75, 3.05) is 13.2 Å². The highest BCUT2D eigenvalue weighted by Gasteiger charge is 2.19. The van der Waals surface area contributed by atoms with E-state index in [-0.39, 0.29) is 31.1 Å². The van der Waals surface area contributed by atoms with Gasteiger partial charge in [0, 0.05) is 19.3 Å². The fourth-order valence-electron chi connectivity index (χ4n) is 9.71. The Morgan fingerprint density at radius 1 is 0.274 bits per heavy atom. The van der Waals surface area contributed by atoms with Crippen molar-refractivity contribution in [3.63, 3.8) is 0 Å². The Kier molecular flexibility index (Phi) is 60.2. The second-order valence-electron chi connectivity index (χ2n) is 22.0. The molecule has 0 aliphatic heterocycles. The van der Waals surface area contributed by atoms with Gasteiger partial charge in [0.15, 0.2) is 6.10 Å². The molecule has 6 heteroatoms. The van der Waals surface area contributed by atoms with Crippen molar-refractivity contribution in [2.45, 2.75) is 361 Å². The van der Waals surface area contributed by atoms with Crippen molar-refractivity contribution in [1.29, 1.82) is 0 Å². The number of ether oxygens (including phenoxy) is 3. The van der Waals surface area contributed by atoms with Crippen LogP contribution in [0.3, 0.4) is 0 Å². The first-order chi connectivity index (χ1) is 36.0. The summed E-state index contributed by atoms with van der Waals surface area (Å²) in [6.45, 7) is 6.62. The molecule has 0 aliphatic carbocycles. The van der Waals surface area contributed by atoms with E-state index in [2.05, 4.69) is 57.2 Å². The van der Waals surface area contributed by atoms with Crippen molar-refractivity contribution >= 4 is 17.9 Å². The minimum Gasteiger partial charge on any atom is -0.462 e. The number of carbonyl (C=O) groups is 3. The molecule has 0 aromatic heterocycles. The Morgan fingerprint density at radius 3 is 0.822 bits per heavy atom. The average molecular weight is 1030 g/mol. The van der Waals surface area contributed by atoms with Gasteiger partial charge in [0.25, 0.3) is 0 Å². The second kappa shape index (κ2) is 62.2. The zero-order valence-electron chi connectivity index (χ0n) is 49.2. The van der Waals surface area contributed by atoms with Crippen LogP contribution in [0, 0.1) is 0 Å². The van der Waals surface area contributed by atoms with Crippen LogP contribution in [0.4, 0.5) is 0 Å². The van der Waals surface area contributed by atoms with Crippen LogP contribution >= 0.6 is 0 Å². The summed E-state index contributed by atoms with van der Waals surface area (Å²) in [7, 11) is 0. The van der Waals surface area contributed by atoms with Crippen LogP contribution in [0.2, 0.25) is 0 Å². The second-order valence-corrected chi connectivity index (χ2v) is 22.0. The van der Waals surface area contributed by atoms with Crippen LogP contribution in [-0.4, -0.2) is 37.2 Å². The summed E-state index contributed by atoms with van der Waals surface area (Å²) in [6.07, 6.45) is 75.9. The monoisotopic (exact) mass is 1020 g/mol. The number of hydrogen-bond donors (Lipinski definition) is 0. The maximum atomic E-state index is 12.9. The van der Waals surface area contributed by atoms with Crippen molar-refractivity contribution in [3.05, 3.63) is 36.5 Å². The summed E-state index contributed by atoms with van der Waals surface area (Å²) >= 11 is 0. The molecule has 0 fully saturated rings. The molecule has 0 amide bonds. The zero-order chi connectivity index (χ0) is 52.9. The van der Waals surface area contributed by atoms with Crippen molar-refractivity contribution in [1.82, 2.24) is 0 Å². The van der Waals surface area contributed by atoms with Gasteiger partial charge in [0.1, 0.15) is 13.2 Å². The van der Waals surface area contributed by atoms with E-state index in [1.54, 1.807) is 0 Å². The third-order valence-electron chi connectivity index (χ3n) is 14.6. The van der Waals surface area contributed by atoms with E-state index in [4.69, 9.17) is 14.2 Å². The third kappa shape index (κ3) is 60.4. The fourth-order valence-corrected chi connectivity index (χ4v) is 9.71. The topological polar surface area (TPSA) is 78.9 Å². The predicted molar refractivity (Wildman–Crippen MR) is 316 cm³/mol. The SMILES string of the molecule is CCC/C=C\C/C=C\CCCCCCCC(=O)OCC(COC(=O)CCCCCCCCCCCCCCCCCCCCCCCCC)OC(=O)CCCCCCCCCCC/C=C\CCCCCCCC. The molecule has 1 atom stereocenters. The lowest BCUT2D eigenvalue weighted by atomic mass is 10.0. The predicted octanol–water partition coefficient (Wildman–Crippen LogP) is 22.0. The van der Waals surface area contributed by atoms with E-state index in [9.17, 15) is 14.4 Å². The van der Waals surface area contributed by atoms with Crippen LogP contribution in [0.1, 0.15) is 355 Å². The average Bonchev–Trinajstić information content (AvgIpc) is 3.39. The van der Waals surface area contributed by atoms with Crippen LogP contribution in [0.5, 0.6) is 0 Å². The molecule has 1 unspecified atom stereocenters. The molecular weight excluding hydrogens is 901 g/mol. The standard InChI is InChI=1S/C67H124O6/c1-4-7-10-13-16-19-22-25-27-29-31-32-33-34-36-37-39-42-45-48-51-54-57-60-66(69)72-63-64(62-71-65(68)59-56-53-50-47-44-41-24-21-18-15-12-9-6-3)73-67(70)61-58-55-52-49-46-43-40-38-35-30-28-26-23-20-17-14-11-8-5-2/h12,15,21,24,26,28,64H,4-11,13-14,16-20,22-23,25,27,29-63H2,1-3H3/b15-12-,24-21-,28-26-. The Balaban J connectivity index is 4.26. The summed E-state index contributed by atoms with van der Waals surface area (Å²) in [5, 5.41) is 0.